The Balaban J connectivity index is 1.42. The molecule has 0 aliphatic heterocycles. The Morgan fingerprint density at radius 2 is 1.54 bits per heavy atom. The van der Waals surface area contributed by atoms with Gasteiger partial charge in [0.2, 0.25) is 0 Å². The quantitative estimate of drug-likeness (QED) is 0.143. The van der Waals surface area contributed by atoms with Gasteiger partial charge in [0.15, 0.2) is 0 Å². The van der Waals surface area contributed by atoms with Crippen molar-refractivity contribution in [2.24, 2.45) is 0 Å². The van der Waals surface area contributed by atoms with Crippen molar-refractivity contribution in [2.45, 2.75) is 31.1 Å². The van der Waals surface area contributed by atoms with Gasteiger partial charge in [-0.1, -0.05) is 72.8 Å². The van der Waals surface area contributed by atoms with Crippen molar-refractivity contribution in [1.82, 2.24) is 5.32 Å². The van der Waals surface area contributed by atoms with Crippen molar-refractivity contribution in [3.8, 4) is 0 Å². The zero-order valence-electron chi connectivity index (χ0n) is 22.3. The number of ether oxygens (including phenoxy) is 1. The second kappa shape index (κ2) is 11.7. The summed E-state index contributed by atoms with van der Waals surface area (Å²) in [6, 6.07) is 27.3. The summed E-state index contributed by atoms with van der Waals surface area (Å²) < 4.78 is 35.6. The van der Waals surface area contributed by atoms with Gasteiger partial charge in [0.05, 0.1) is 7.11 Å². The van der Waals surface area contributed by atoms with Crippen LogP contribution in [0.5, 0.6) is 0 Å². The third kappa shape index (κ3) is 5.63. The minimum absolute atomic E-state index is 0.303. The van der Waals surface area contributed by atoms with E-state index < -0.39 is 25.4 Å². The van der Waals surface area contributed by atoms with Crippen LogP contribution in [-0.2, 0) is 36.0 Å². The first-order valence-electron chi connectivity index (χ1n) is 12.9. The van der Waals surface area contributed by atoms with Crippen molar-refractivity contribution >= 4 is 46.3 Å². The normalized spacial score (nSPS) is 13.6. The highest BCUT2D eigenvalue weighted by Crippen LogP contribution is 2.52. The Morgan fingerprint density at radius 3 is 2.31 bits per heavy atom. The fourth-order valence-corrected chi connectivity index (χ4v) is 6.65. The number of carbonyl (C=O) groups excluding carboxylic acids is 1. The Hall–Kier alpha value is -3.48. The Bertz CT molecular complexity index is 1650. The van der Waals surface area contributed by atoms with Crippen LogP contribution in [0.25, 0.3) is 32.7 Å². The van der Waals surface area contributed by atoms with Crippen LogP contribution < -0.4 is 5.32 Å². The number of fused-ring (bicyclic) bond motifs is 4. The number of carbonyl (C=O) groups is 1. The molecule has 0 fully saturated rings. The minimum Gasteiger partial charge on any atom is -0.468 e. The number of rotatable bonds is 11. The summed E-state index contributed by atoms with van der Waals surface area (Å²) in [5.74, 6) is -1.21. The zero-order valence-corrected chi connectivity index (χ0v) is 23.2. The molecule has 0 bridgehead atoms. The van der Waals surface area contributed by atoms with Gasteiger partial charge in [-0.25, -0.2) is 0 Å². The number of methoxy groups -OCH3 is 1. The second-order valence-corrected chi connectivity index (χ2v) is 11.9. The fourth-order valence-electron chi connectivity index (χ4n) is 5.18. The van der Waals surface area contributed by atoms with Crippen molar-refractivity contribution in [1.29, 1.82) is 0 Å². The largest absolute Gasteiger partial charge is 0.468 e. The van der Waals surface area contributed by atoms with Crippen LogP contribution in [0.15, 0.2) is 89.3 Å². The molecule has 4 aromatic carbocycles. The molecule has 5 rings (SSSR count). The average molecular weight is 546 g/mol. The maximum atomic E-state index is 13.6. The Morgan fingerprint density at radius 1 is 0.846 bits per heavy atom. The van der Waals surface area contributed by atoms with Gasteiger partial charge in [-0.15, -0.1) is 0 Å². The first kappa shape index (κ1) is 27.1. The number of hydrogen-bond acceptors (Lipinski definition) is 7. The van der Waals surface area contributed by atoms with Gasteiger partial charge < -0.3 is 18.2 Å². The average Bonchev–Trinajstić information content (AvgIpc) is 3.35. The molecule has 0 saturated carbocycles. The van der Waals surface area contributed by atoms with Crippen molar-refractivity contribution in [2.75, 3.05) is 21.3 Å². The molecule has 2 atom stereocenters. The molecule has 0 unspecified atom stereocenters. The predicted octanol–water partition coefficient (Wildman–Crippen LogP) is 6.86. The van der Waals surface area contributed by atoms with E-state index in [1.54, 1.807) is 0 Å². The number of nitrogens with one attached hydrogen (secondary N) is 1. The van der Waals surface area contributed by atoms with E-state index in [0.29, 0.717) is 19.3 Å². The van der Waals surface area contributed by atoms with Gasteiger partial charge in [-0.2, -0.15) is 0 Å². The lowest BCUT2D eigenvalue weighted by molar-refractivity contribution is -0.143. The van der Waals surface area contributed by atoms with E-state index in [1.165, 1.54) is 21.3 Å². The van der Waals surface area contributed by atoms with Gasteiger partial charge in [-0.05, 0) is 53.3 Å². The van der Waals surface area contributed by atoms with E-state index in [9.17, 15) is 9.36 Å². The molecule has 1 aromatic heterocycles. The molecular weight excluding hydrogens is 513 g/mol. The number of hydrogen-bond donors (Lipinski definition) is 1. The van der Waals surface area contributed by atoms with E-state index in [1.807, 2.05) is 60.7 Å². The molecule has 7 nitrogen and oxygen atoms in total. The third-order valence-corrected chi connectivity index (χ3v) is 9.41. The maximum Gasteiger partial charge on any atom is 0.346 e. The first-order chi connectivity index (χ1) is 19.0. The summed E-state index contributed by atoms with van der Waals surface area (Å²) in [7, 11) is 0.471. The lowest BCUT2D eigenvalue weighted by Crippen LogP contribution is -2.45. The van der Waals surface area contributed by atoms with Crippen LogP contribution in [0.2, 0.25) is 0 Å². The van der Waals surface area contributed by atoms with E-state index in [4.69, 9.17) is 18.2 Å². The monoisotopic (exact) mass is 545 g/mol. The summed E-state index contributed by atoms with van der Waals surface area (Å²) in [6.07, 6.45) is 1.33. The Labute approximate surface area is 227 Å². The lowest BCUT2D eigenvalue weighted by Gasteiger charge is -2.29. The smallest absolute Gasteiger partial charge is 0.346 e. The van der Waals surface area contributed by atoms with Gasteiger partial charge in [0.1, 0.15) is 23.0 Å². The van der Waals surface area contributed by atoms with E-state index in [-0.39, 0.29) is 0 Å². The van der Waals surface area contributed by atoms with Crippen molar-refractivity contribution in [3.05, 3.63) is 96.1 Å². The summed E-state index contributed by atoms with van der Waals surface area (Å²) in [6.45, 7) is 0. The number of benzene rings is 4. The van der Waals surface area contributed by atoms with Gasteiger partial charge >= 0.3 is 13.6 Å². The molecule has 0 radical (unpaired) electrons. The summed E-state index contributed by atoms with van der Waals surface area (Å²) in [5.41, 5.74) is 3.54. The number of furan rings is 1. The minimum atomic E-state index is -3.59. The molecule has 0 saturated heterocycles. The van der Waals surface area contributed by atoms with Crippen LogP contribution in [0, 0.1) is 0 Å². The third-order valence-electron chi connectivity index (χ3n) is 7.22. The SMILES string of the molecule is COC(=O)[C@H](Cc1ccc2c(c1)oc1ccccc12)N[C@H](CCc1cccc2ccccc12)P(=O)(OC)OC. The van der Waals surface area contributed by atoms with Crippen molar-refractivity contribution in [3.63, 3.8) is 0 Å². The van der Waals surface area contributed by atoms with Crippen LogP contribution in [0.1, 0.15) is 17.5 Å². The fraction of sp³-hybridized carbons (Fsp3) is 0.258. The van der Waals surface area contributed by atoms with Gasteiger partial charge in [-0.3, -0.25) is 14.7 Å². The van der Waals surface area contributed by atoms with Crippen molar-refractivity contribution < 1.29 is 27.6 Å². The van der Waals surface area contributed by atoms with Gasteiger partial charge in [0.25, 0.3) is 0 Å². The highest BCUT2D eigenvalue weighted by molar-refractivity contribution is 7.54. The second-order valence-electron chi connectivity index (χ2n) is 9.47. The molecule has 202 valence electrons. The summed E-state index contributed by atoms with van der Waals surface area (Å²) in [4.78, 5) is 12.9. The topological polar surface area (TPSA) is 87.0 Å². The number of esters is 1. The molecule has 1 heterocycles. The van der Waals surface area contributed by atoms with Crippen LogP contribution >= 0.6 is 7.60 Å². The molecule has 39 heavy (non-hydrogen) atoms. The van der Waals surface area contributed by atoms with Crippen LogP contribution in [0.3, 0.4) is 0 Å². The van der Waals surface area contributed by atoms with E-state index >= 15 is 0 Å². The number of para-hydroxylation sites is 1. The molecule has 0 amide bonds. The van der Waals surface area contributed by atoms with Gasteiger partial charge in [0, 0.05) is 25.0 Å². The lowest BCUT2D eigenvalue weighted by atomic mass is 10.0. The zero-order chi connectivity index (χ0) is 27.4. The molecule has 0 spiro atoms. The summed E-state index contributed by atoms with van der Waals surface area (Å²) >= 11 is 0. The number of aryl methyl sites for hydroxylation is 1. The molecule has 5 aromatic rings. The predicted molar refractivity (Wildman–Crippen MR) is 154 cm³/mol. The standard InChI is InChI=1S/C31H32NO6P/c1-35-31(33)27(19-21-15-17-26-25-13-6-7-14-28(25)38-29(26)20-21)32-30(39(34,36-2)37-3)18-16-23-11-8-10-22-9-4-5-12-24(22)23/h4-15,17,20,27,30,32H,16,18-19H2,1-3H3/t27-,30-/m0/s1. The van der Waals surface area contributed by atoms with E-state index in [0.717, 1.165) is 43.8 Å². The highest BCUT2D eigenvalue weighted by Gasteiger charge is 2.37. The molecule has 0 aliphatic rings. The maximum absolute atomic E-state index is 13.6. The molecular formula is C31H32NO6P. The van der Waals surface area contributed by atoms with E-state index in [2.05, 4.69) is 29.6 Å². The van der Waals surface area contributed by atoms with Crippen LogP contribution in [-0.4, -0.2) is 39.1 Å². The van der Waals surface area contributed by atoms with Crippen LogP contribution in [0.4, 0.5) is 0 Å². The molecule has 1 N–H and O–H groups in total. The Kier molecular flexibility index (Phi) is 8.15. The molecule has 8 heteroatoms. The summed E-state index contributed by atoms with van der Waals surface area (Å²) in [5, 5.41) is 7.58. The first-order valence-corrected chi connectivity index (χ1v) is 14.5. The highest BCUT2D eigenvalue weighted by atomic mass is 31.2. The molecule has 0 aliphatic carbocycles.